The Morgan fingerprint density at radius 2 is 1.83 bits per heavy atom. The maximum atomic E-state index is 11.0. The highest BCUT2D eigenvalue weighted by Crippen LogP contribution is 2.17. The lowest BCUT2D eigenvalue weighted by atomic mass is 9.97. The van der Waals surface area contributed by atoms with Crippen molar-refractivity contribution >= 4 is 5.91 Å². The third-order valence-corrected chi connectivity index (χ3v) is 2.87. The number of rotatable bonds is 6. The van der Waals surface area contributed by atoms with E-state index in [1.807, 2.05) is 26.0 Å². The van der Waals surface area contributed by atoms with Gasteiger partial charge in [0.15, 0.2) is 0 Å². The summed E-state index contributed by atoms with van der Waals surface area (Å²) in [7, 11) is 0. The van der Waals surface area contributed by atoms with Gasteiger partial charge < -0.3 is 16.2 Å². The molecule has 0 bridgehead atoms. The molecule has 4 N–H and O–H groups in total. The highest BCUT2D eigenvalue weighted by atomic mass is 16.5. The summed E-state index contributed by atoms with van der Waals surface area (Å²) in [5.41, 5.74) is 12.3. The first-order chi connectivity index (χ1) is 8.31. The maximum Gasteiger partial charge on any atom is 0.237 e. The Balaban J connectivity index is 2.40. The first-order valence-electron chi connectivity index (χ1n) is 6.11. The standard InChI is InChI=1S/C14H22N2O2/c1-10-7-11(2)9-12(8-10)18-6-4-5-14(3,16)13(15)17/h7-9H,4-6,16H2,1-3H3,(H2,15,17). The molecule has 0 saturated heterocycles. The lowest BCUT2D eigenvalue weighted by molar-refractivity contribution is -0.122. The maximum absolute atomic E-state index is 11.0. The third-order valence-electron chi connectivity index (χ3n) is 2.87. The molecule has 1 atom stereocenters. The van der Waals surface area contributed by atoms with E-state index in [2.05, 4.69) is 6.07 Å². The number of amides is 1. The van der Waals surface area contributed by atoms with E-state index in [9.17, 15) is 4.79 Å². The molecule has 4 heteroatoms. The Morgan fingerprint density at radius 1 is 1.28 bits per heavy atom. The molecule has 0 heterocycles. The molecule has 1 aromatic rings. The monoisotopic (exact) mass is 250 g/mol. The summed E-state index contributed by atoms with van der Waals surface area (Å²) in [6.07, 6.45) is 1.22. The number of primary amides is 1. The molecule has 1 aromatic carbocycles. The zero-order chi connectivity index (χ0) is 13.8. The largest absolute Gasteiger partial charge is 0.494 e. The van der Waals surface area contributed by atoms with E-state index < -0.39 is 11.4 Å². The molecule has 0 saturated carbocycles. The molecule has 100 valence electrons. The molecule has 4 nitrogen and oxygen atoms in total. The predicted octanol–water partition coefficient (Wildman–Crippen LogP) is 1.67. The van der Waals surface area contributed by atoms with Crippen molar-refractivity contribution in [2.24, 2.45) is 11.5 Å². The Labute approximate surface area is 108 Å². The Morgan fingerprint density at radius 3 is 2.33 bits per heavy atom. The predicted molar refractivity (Wildman–Crippen MR) is 72.4 cm³/mol. The minimum atomic E-state index is -0.952. The van der Waals surface area contributed by atoms with E-state index in [1.54, 1.807) is 6.92 Å². The van der Waals surface area contributed by atoms with Crippen LogP contribution in [0, 0.1) is 13.8 Å². The van der Waals surface area contributed by atoms with Crippen molar-refractivity contribution in [3.63, 3.8) is 0 Å². The Bertz CT molecular complexity index is 408. The molecule has 0 spiro atoms. The lowest BCUT2D eigenvalue weighted by Crippen LogP contribution is -2.49. The van der Waals surface area contributed by atoms with Crippen molar-refractivity contribution < 1.29 is 9.53 Å². The molecular weight excluding hydrogens is 228 g/mol. The number of hydrogen-bond donors (Lipinski definition) is 2. The van der Waals surface area contributed by atoms with Gasteiger partial charge in [-0.2, -0.15) is 0 Å². The number of carbonyl (C=O) groups is 1. The highest BCUT2D eigenvalue weighted by molar-refractivity contribution is 5.83. The summed E-state index contributed by atoms with van der Waals surface area (Å²) in [6, 6.07) is 6.07. The van der Waals surface area contributed by atoms with Crippen LogP contribution in [0.5, 0.6) is 5.75 Å². The van der Waals surface area contributed by atoms with Gasteiger partial charge in [-0.25, -0.2) is 0 Å². The average Bonchev–Trinajstić information content (AvgIpc) is 2.23. The van der Waals surface area contributed by atoms with Gasteiger partial charge in [0.1, 0.15) is 5.75 Å². The van der Waals surface area contributed by atoms with Crippen LogP contribution in [0.15, 0.2) is 18.2 Å². The van der Waals surface area contributed by atoms with Gasteiger partial charge in [-0.15, -0.1) is 0 Å². The minimum absolute atomic E-state index is 0.478. The fourth-order valence-electron chi connectivity index (χ4n) is 1.77. The van der Waals surface area contributed by atoms with Crippen LogP contribution in [0.2, 0.25) is 0 Å². The summed E-state index contributed by atoms with van der Waals surface area (Å²) in [5, 5.41) is 0. The smallest absolute Gasteiger partial charge is 0.237 e. The van der Waals surface area contributed by atoms with Crippen molar-refractivity contribution in [3.8, 4) is 5.75 Å². The number of benzene rings is 1. The summed E-state index contributed by atoms with van der Waals surface area (Å²) in [4.78, 5) is 11.0. The quantitative estimate of drug-likeness (QED) is 0.754. The fourth-order valence-corrected chi connectivity index (χ4v) is 1.77. The number of hydrogen-bond acceptors (Lipinski definition) is 3. The van der Waals surface area contributed by atoms with E-state index in [1.165, 1.54) is 11.1 Å². The summed E-state index contributed by atoms with van der Waals surface area (Å²) >= 11 is 0. The van der Waals surface area contributed by atoms with Crippen LogP contribution in [0.1, 0.15) is 30.9 Å². The van der Waals surface area contributed by atoms with E-state index in [0.29, 0.717) is 19.4 Å². The van der Waals surface area contributed by atoms with Gasteiger partial charge in [0.05, 0.1) is 12.1 Å². The normalized spacial score (nSPS) is 14.0. The second-order valence-electron chi connectivity index (χ2n) is 5.06. The summed E-state index contributed by atoms with van der Waals surface area (Å²) < 4.78 is 5.64. The minimum Gasteiger partial charge on any atom is -0.494 e. The number of nitrogens with two attached hydrogens (primary N) is 2. The molecule has 1 amide bonds. The van der Waals surface area contributed by atoms with Gasteiger partial charge >= 0.3 is 0 Å². The van der Waals surface area contributed by atoms with Crippen molar-refractivity contribution in [1.29, 1.82) is 0 Å². The molecule has 1 rings (SSSR count). The van der Waals surface area contributed by atoms with E-state index in [4.69, 9.17) is 16.2 Å². The lowest BCUT2D eigenvalue weighted by Gasteiger charge is -2.20. The second kappa shape index (κ2) is 5.87. The molecule has 0 aliphatic rings. The van der Waals surface area contributed by atoms with Gasteiger partial charge in [-0.3, -0.25) is 4.79 Å². The van der Waals surface area contributed by atoms with Crippen LogP contribution >= 0.6 is 0 Å². The zero-order valence-corrected chi connectivity index (χ0v) is 11.3. The van der Waals surface area contributed by atoms with E-state index in [-0.39, 0.29) is 0 Å². The van der Waals surface area contributed by atoms with Crippen LogP contribution in [0.25, 0.3) is 0 Å². The SMILES string of the molecule is Cc1cc(C)cc(OCCCC(C)(N)C(N)=O)c1. The molecule has 18 heavy (non-hydrogen) atoms. The van der Waals surface area contributed by atoms with Gasteiger partial charge in [0.25, 0.3) is 0 Å². The third kappa shape index (κ3) is 4.37. The second-order valence-corrected chi connectivity index (χ2v) is 5.06. The molecule has 0 aromatic heterocycles. The van der Waals surface area contributed by atoms with Crippen LogP contribution in [0.3, 0.4) is 0 Å². The number of ether oxygens (including phenoxy) is 1. The molecule has 1 unspecified atom stereocenters. The van der Waals surface area contributed by atoms with Gasteiger partial charge in [-0.05, 0) is 56.9 Å². The summed E-state index contributed by atoms with van der Waals surface area (Å²) in [5.74, 6) is 0.374. The molecule has 0 fully saturated rings. The Hall–Kier alpha value is -1.55. The van der Waals surface area contributed by atoms with Crippen LogP contribution < -0.4 is 16.2 Å². The molecule has 0 aliphatic heterocycles. The summed E-state index contributed by atoms with van der Waals surface area (Å²) in [6.45, 7) is 6.24. The molecule has 0 radical (unpaired) electrons. The van der Waals surface area contributed by atoms with Gasteiger partial charge in [0, 0.05) is 0 Å². The fraction of sp³-hybridized carbons (Fsp3) is 0.500. The van der Waals surface area contributed by atoms with Crippen molar-refractivity contribution in [2.75, 3.05) is 6.61 Å². The molecule has 0 aliphatic carbocycles. The van der Waals surface area contributed by atoms with Gasteiger partial charge in [0.2, 0.25) is 5.91 Å². The van der Waals surface area contributed by atoms with E-state index in [0.717, 1.165) is 5.75 Å². The zero-order valence-electron chi connectivity index (χ0n) is 11.3. The van der Waals surface area contributed by atoms with Crippen molar-refractivity contribution in [2.45, 2.75) is 39.2 Å². The first kappa shape index (κ1) is 14.5. The first-order valence-corrected chi connectivity index (χ1v) is 6.11. The van der Waals surface area contributed by atoms with Gasteiger partial charge in [-0.1, -0.05) is 6.07 Å². The molecular formula is C14H22N2O2. The van der Waals surface area contributed by atoms with Crippen LogP contribution in [0.4, 0.5) is 0 Å². The van der Waals surface area contributed by atoms with Crippen LogP contribution in [-0.4, -0.2) is 18.1 Å². The highest BCUT2D eigenvalue weighted by Gasteiger charge is 2.24. The van der Waals surface area contributed by atoms with Crippen LogP contribution in [-0.2, 0) is 4.79 Å². The number of carbonyl (C=O) groups excluding carboxylic acids is 1. The Kier molecular flexibility index (Phi) is 4.73. The van der Waals surface area contributed by atoms with Crippen molar-refractivity contribution in [3.05, 3.63) is 29.3 Å². The van der Waals surface area contributed by atoms with Crippen molar-refractivity contribution in [1.82, 2.24) is 0 Å². The topological polar surface area (TPSA) is 78.3 Å². The average molecular weight is 250 g/mol. The van der Waals surface area contributed by atoms with E-state index >= 15 is 0 Å². The number of aryl methyl sites for hydroxylation is 2.